The summed E-state index contributed by atoms with van der Waals surface area (Å²) in [6.07, 6.45) is 8.09. The number of benzene rings is 1. The number of hydrogen-bond acceptors (Lipinski definition) is 3. The second kappa shape index (κ2) is 8.93. The third kappa shape index (κ3) is 5.04. The van der Waals surface area contributed by atoms with Crippen LogP contribution in [-0.2, 0) is 24.7 Å². The van der Waals surface area contributed by atoms with Crippen LogP contribution >= 0.6 is 0 Å². The van der Waals surface area contributed by atoms with Gasteiger partial charge in [-0.25, -0.2) is 9.97 Å². The van der Waals surface area contributed by atoms with Crippen LogP contribution in [0.25, 0.3) is 46.4 Å². The molecule has 8 bridgehead atoms. The summed E-state index contributed by atoms with van der Waals surface area (Å²) in [6, 6.07) is 23.6. The third-order valence-corrected chi connectivity index (χ3v) is 5.73. The van der Waals surface area contributed by atoms with E-state index < -0.39 is 0 Å². The van der Waals surface area contributed by atoms with Gasteiger partial charge in [-0.15, -0.1) is 0 Å². The number of nitrogens with zero attached hydrogens (tertiary/aromatic N) is 2. The summed E-state index contributed by atoms with van der Waals surface area (Å²) in [5, 5.41) is 8.77. The van der Waals surface area contributed by atoms with Gasteiger partial charge in [-0.3, -0.25) is 0 Å². The van der Waals surface area contributed by atoms with Crippen molar-refractivity contribution in [1.29, 1.82) is 0 Å². The van der Waals surface area contributed by atoms with Crippen molar-refractivity contribution < 1.29 is 29.8 Å². The molecule has 5 nitrogen and oxygen atoms in total. The average Bonchev–Trinajstić information content (AvgIpc) is 3.57. The van der Waals surface area contributed by atoms with Crippen LogP contribution in [0.5, 0.6) is 5.75 Å². The van der Waals surface area contributed by atoms with Crippen molar-refractivity contribution >= 4 is 49.6 Å². The molecule has 3 N–H and O–H groups in total. The molecule has 2 aliphatic heterocycles. The van der Waals surface area contributed by atoms with Gasteiger partial charge >= 0.3 is 63.1 Å². The van der Waals surface area contributed by atoms with Gasteiger partial charge in [-0.1, -0.05) is 0 Å². The van der Waals surface area contributed by atoms with Crippen molar-refractivity contribution in [1.82, 2.24) is 19.9 Å². The Balaban J connectivity index is 0.000000230. The first-order valence-corrected chi connectivity index (χ1v) is 11.4. The Morgan fingerprint density at radius 2 is 0.875 bits per heavy atom. The van der Waals surface area contributed by atoms with E-state index in [4.69, 9.17) is 5.11 Å². The van der Waals surface area contributed by atoms with E-state index in [0.29, 0.717) is 5.75 Å². The van der Waals surface area contributed by atoms with Gasteiger partial charge in [0.2, 0.25) is 0 Å². The number of phenols is 1. The summed E-state index contributed by atoms with van der Waals surface area (Å²) < 4.78 is 1.26. The minimum atomic E-state index is 0.344. The molecule has 6 heteroatoms. The molecule has 0 amide bonds. The van der Waals surface area contributed by atoms with Gasteiger partial charge in [0.15, 0.2) is 0 Å². The van der Waals surface area contributed by atoms with E-state index in [9.17, 15) is 0 Å². The van der Waals surface area contributed by atoms with Crippen molar-refractivity contribution in [3.63, 3.8) is 0 Å². The quantitative estimate of drug-likeness (QED) is 0.271. The van der Waals surface area contributed by atoms with Gasteiger partial charge < -0.3 is 9.97 Å². The van der Waals surface area contributed by atoms with E-state index in [1.54, 1.807) is 12.1 Å². The molecular formula is C26H19N4OZr. The number of aromatic amines is 2. The number of H-pyrrole nitrogens is 2. The first-order valence-electron chi connectivity index (χ1n) is 10.1. The fraction of sp³-hybridized carbons (Fsp3) is 0. The van der Waals surface area contributed by atoms with Gasteiger partial charge in [0.25, 0.3) is 0 Å². The molecule has 0 fully saturated rings. The predicted octanol–water partition coefficient (Wildman–Crippen LogP) is 5.22. The van der Waals surface area contributed by atoms with Gasteiger partial charge in [0, 0.05) is 22.1 Å². The first-order chi connectivity index (χ1) is 15.6. The van der Waals surface area contributed by atoms with E-state index in [1.165, 1.54) is 28.0 Å². The number of aromatic nitrogens is 4. The second-order valence-electron chi connectivity index (χ2n) is 7.45. The van der Waals surface area contributed by atoms with Crippen molar-refractivity contribution in [3.8, 4) is 5.75 Å². The summed E-state index contributed by atoms with van der Waals surface area (Å²) >= 11 is 1.39. The molecule has 4 aromatic rings. The van der Waals surface area contributed by atoms with Crippen LogP contribution < -0.4 is 3.27 Å². The van der Waals surface area contributed by atoms with Crippen molar-refractivity contribution in [2.45, 2.75) is 0 Å². The topological polar surface area (TPSA) is 77.6 Å². The molecule has 32 heavy (non-hydrogen) atoms. The molecule has 5 heterocycles. The fourth-order valence-electron chi connectivity index (χ4n) is 3.40. The van der Waals surface area contributed by atoms with Crippen LogP contribution in [0.15, 0.2) is 72.8 Å². The zero-order chi connectivity index (χ0) is 21.9. The van der Waals surface area contributed by atoms with Gasteiger partial charge in [0.05, 0.1) is 22.8 Å². The molecular weight excluding hydrogens is 476 g/mol. The zero-order valence-corrected chi connectivity index (χ0v) is 19.5. The molecule has 1 aromatic carbocycles. The Morgan fingerprint density at radius 1 is 0.531 bits per heavy atom. The minimum absolute atomic E-state index is 0.344. The van der Waals surface area contributed by atoms with Gasteiger partial charge in [0.1, 0.15) is 0 Å². The number of rotatable bonds is 0. The van der Waals surface area contributed by atoms with Crippen LogP contribution in [-0.4, -0.2) is 25.0 Å². The van der Waals surface area contributed by atoms with Crippen molar-refractivity contribution in [2.75, 3.05) is 0 Å². The maximum absolute atomic E-state index is 8.77. The van der Waals surface area contributed by atoms with E-state index in [0.717, 1.165) is 44.8 Å². The summed E-state index contributed by atoms with van der Waals surface area (Å²) in [4.78, 5) is 16.0. The molecule has 2 aliphatic rings. The Labute approximate surface area is 200 Å². The Bertz CT molecular complexity index is 1300. The van der Waals surface area contributed by atoms with Crippen LogP contribution in [0.1, 0.15) is 22.8 Å². The molecule has 0 aliphatic carbocycles. The Hall–Kier alpha value is -3.50. The molecule has 6 rings (SSSR count). The average molecular weight is 495 g/mol. The molecule has 3 aromatic heterocycles. The van der Waals surface area contributed by atoms with Crippen LogP contribution in [0.3, 0.4) is 0 Å². The molecule has 0 spiro atoms. The predicted molar refractivity (Wildman–Crippen MR) is 127 cm³/mol. The molecule has 0 unspecified atom stereocenters. The molecule has 0 saturated heterocycles. The fourth-order valence-corrected chi connectivity index (χ4v) is 3.81. The third-order valence-electron chi connectivity index (χ3n) is 4.91. The molecule has 153 valence electrons. The van der Waals surface area contributed by atoms with Crippen LogP contribution in [0.2, 0.25) is 0 Å². The van der Waals surface area contributed by atoms with Gasteiger partial charge in [-0.2, -0.15) is 0 Å². The van der Waals surface area contributed by atoms with Crippen molar-refractivity contribution in [3.05, 3.63) is 95.6 Å². The number of fused-ring (bicyclic) bond motifs is 8. The number of hydrogen-bond donors (Lipinski definition) is 3. The summed E-state index contributed by atoms with van der Waals surface area (Å²) in [5.41, 5.74) is 7.86. The molecule has 0 saturated carbocycles. The van der Waals surface area contributed by atoms with E-state index in [2.05, 4.69) is 44.2 Å². The zero-order valence-electron chi connectivity index (χ0n) is 17.1. The second-order valence-corrected chi connectivity index (χ2v) is 8.87. The van der Waals surface area contributed by atoms with Crippen LogP contribution in [0, 0.1) is 0 Å². The number of nitrogens with one attached hydrogen (secondary N) is 2. The first kappa shape index (κ1) is 20.4. The summed E-state index contributed by atoms with van der Waals surface area (Å²) in [6.45, 7) is 0. The van der Waals surface area contributed by atoms with Crippen molar-refractivity contribution in [2.24, 2.45) is 0 Å². The number of aromatic hydroxyl groups is 1. The maximum atomic E-state index is 8.77. The molecule has 0 radical (unpaired) electrons. The molecule has 0 atom stereocenters. The Morgan fingerprint density at radius 3 is 1.19 bits per heavy atom. The summed E-state index contributed by atoms with van der Waals surface area (Å²) in [7, 11) is 0. The van der Waals surface area contributed by atoms with E-state index >= 15 is 0 Å². The number of phenolic OH excluding ortho intramolecular Hbond substituents is 1. The van der Waals surface area contributed by atoms with Crippen LogP contribution in [0.4, 0.5) is 0 Å². The van der Waals surface area contributed by atoms with Gasteiger partial charge in [-0.05, 0) is 72.8 Å². The van der Waals surface area contributed by atoms with E-state index in [1.807, 2.05) is 60.7 Å². The Kier molecular flexibility index (Phi) is 5.70. The van der Waals surface area contributed by atoms with E-state index in [-0.39, 0.29) is 0 Å². The standard InChI is InChI=1S/C20H14N4.C6H5O.Zr/c1-2-14-10-16-5-6-18(23-16)12-20-8-7-19(24-20)11-17-4-3-15(22-17)9-13(1)21-14;7-6-4-2-1-3-5-6;/h1-12,21,24H;2-5,7H;. The summed E-state index contributed by atoms with van der Waals surface area (Å²) in [5.74, 6) is 0.344. The normalized spacial score (nSPS) is 11.7. The SMILES string of the molecule is C1=Cc2cc3ccc(cc4nc(cc5ccc(cc1n2)[nH]5)C=C4)[nH]3.Oc1cc[c]([Zr])cc1. The monoisotopic (exact) mass is 493 g/mol.